The molecular formula is C11H21NO4. The van der Waals surface area contributed by atoms with E-state index in [2.05, 4.69) is 12.2 Å². The summed E-state index contributed by atoms with van der Waals surface area (Å²) in [7, 11) is 0. The molecule has 1 amide bonds. The lowest BCUT2D eigenvalue weighted by Crippen LogP contribution is -2.50. The number of ether oxygens (including phenoxy) is 1. The van der Waals surface area contributed by atoms with Crippen LogP contribution in [-0.2, 0) is 14.3 Å². The normalized spacial score (nSPS) is 11.2. The van der Waals surface area contributed by atoms with Crippen LogP contribution in [0, 0.1) is 0 Å². The second-order valence-electron chi connectivity index (χ2n) is 4.24. The molecule has 94 valence electrons. The Bertz CT molecular complexity index is 238. The zero-order valence-electron chi connectivity index (χ0n) is 10.2. The summed E-state index contributed by atoms with van der Waals surface area (Å²) in [6, 6.07) is 0. The van der Waals surface area contributed by atoms with Crippen LogP contribution in [0.1, 0.15) is 40.0 Å². The average molecular weight is 231 g/mol. The van der Waals surface area contributed by atoms with Crippen LogP contribution >= 0.6 is 0 Å². The molecule has 0 aromatic heterocycles. The van der Waals surface area contributed by atoms with Crippen molar-refractivity contribution in [1.29, 1.82) is 0 Å². The van der Waals surface area contributed by atoms with Crippen LogP contribution in [0.3, 0.4) is 0 Å². The van der Waals surface area contributed by atoms with Crippen LogP contribution in [0.25, 0.3) is 0 Å². The smallest absolute Gasteiger partial charge is 0.328 e. The van der Waals surface area contributed by atoms with Crippen LogP contribution in [0.2, 0.25) is 0 Å². The molecule has 5 heteroatoms. The van der Waals surface area contributed by atoms with E-state index in [4.69, 9.17) is 9.84 Å². The Morgan fingerprint density at radius 2 is 1.94 bits per heavy atom. The molecule has 5 nitrogen and oxygen atoms in total. The number of hydrogen-bond donors (Lipinski definition) is 2. The molecule has 0 radical (unpaired) electrons. The number of unbranched alkanes of at least 4 members (excludes halogenated alkanes) is 2. The number of amides is 1. The number of carbonyl (C=O) groups excluding carboxylic acids is 1. The van der Waals surface area contributed by atoms with Crippen molar-refractivity contribution in [2.45, 2.75) is 45.6 Å². The quantitative estimate of drug-likeness (QED) is 0.615. The van der Waals surface area contributed by atoms with Crippen molar-refractivity contribution in [2.75, 3.05) is 13.2 Å². The summed E-state index contributed by atoms with van der Waals surface area (Å²) in [4.78, 5) is 22.0. The molecule has 0 fully saturated rings. The SMILES string of the molecule is CCCCCOCC(=O)NC(C)(C)C(=O)O. The van der Waals surface area contributed by atoms with Crippen LogP contribution in [0.4, 0.5) is 0 Å². The van der Waals surface area contributed by atoms with Crippen molar-refractivity contribution in [2.24, 2.45) is 0 Å². The van der Waals surface area contributed by atoms with Gasteiger partial charge in [0.05, 0.1) is 0 Å². The molecule has 0 spiro atoms. The van der Waals surface area contributed by atoms with Gasteiger partial charge in [0.25, 0.3) is 0 Å². The average Bonchev–Trinajstić information content (AvgIpc) is 2.16. The Morgan fingerprint density at radius 3 is 2.44 bits per heavy atom. The molecular weight excluding hydrogens is 210 g/mol. The van der Waals surface area contributed by atoms with Crippen molar-refractivity contribution >= 4 is 11.9 Å². The standard InChI is InChI=1S/C11H21NO4/c1-4-5-6-7-16-8-9(13)12-11(2,3)10(14)15/h4-8H2,1-3H3,(H,12,13)(H,14,15). The number of rotatable bonds is 8. The third-order valence-corrected chi connectivity index (χ3v) is 2.11. The lowest BCUT2D eigenvalue weighted by Gasteiger charge is -2.20. The Hall–Kier alpha value is -1.10. The molecule has 0 aliphatic rings. The molecule has 2 N–H and O–H groups in total. The number of nitrogens with one attached hydrogen (secondary N) is 1. The second kappa shape index (κ2) is 7.22. The van der Waals surface area contributed by atoms with Gasteiger partial charge in [-0.1, -0.05) is 19.8 Å². The maximum Gasteiger partial charge on any atom is 0.328 e. The Kier molecular flexibility index (Phi) is 6.72. The van der Waals surface area contributed by atoms with E-state index in [1.807, 2.05) is 0 Å². The van der Waals surface area contributed by atoms with Crippen LogP contribution < -0.4 is 5.32 Å². The van der Waals surface area contributed by atoms with E-state index in [1.165, 1.54) is 13.8 Å². The molecule has 0 saturated heterocycles. The molecule has 0 heterocycles. The van der Waals surface area contributed by atoms with Crippen molar-refractivity contribution in [1.82, 2.24) is 5.32 Å². The predicted molar refractivity (Wildman–Crippen MR) is 60.2 cm³/mol. The van der Waals surface area contributed by atoms with Crippen LogP contribution in [0.5, 0.6) is 0 Å². The number of carboxylic acid groups (broad SMARTS) is 1. The maximum atomic E-state index is 11.3. The first-order valence-electron chi connectivity index (χ1n) is 5.52. The van der Waals surface area contributed by atoms with E-state index in [0.29, 0.717) is 6.61 Å². The van der Waals surface area contributed by atoms with E-state index in [-0.39, 0.29) is 6.61 Å². The Balaban J connectivity index is 3.71. The van der Waals surface area contributed by atoms with Crippen LogP contribution in [-0.4, -0.2) is 35.7 Å². The summed E-state index contributed by atoms with van der Waals surface area (Å²) in [5.74, 6) is -1.46. The molecule has 0 bridgehead atoms. The largest absolute Gasteiger partial charge is 0.480 e. The fourth-order valence-corrected chi connectivity index (χ4v) is 1.06. The molecule has 0 aliphatic heterocycles. The minimum absolute atomic E-state index is 0.0829. The lowest BCUT2D eigenvalue weighted by molar-refractivity contribution is -0.146. The number of aliphatic carboxylic acids is 1. The maximum absolute atomic E-state index is 11.3. The van der Waals surface area contributed by atoms with E-state index >= 15 is 0 Å². The summed E-state index contributed by atoms with van der Waals surface area (Å²) in [6.45, 7) is 5.41. The molecule has 0 aliphatic carbocycles. The van der Waals surface area contributed by atoms with Gasteiger partial charge in [-0.25, -0.2) is 4.79 Å². The minimum Gasteiger partial charge on any atom is -0.480 e. The van der Waals surface area contributed by atoms with Gasteiger partial charge in [-0.05, 0) is 20.3 Å². The van der Waals surface area contributed by atoms with Gasteiger partial charge in [-0.15, -0.1) is 0 Å². The van der Waals surface area contributed by atoms with E-state index < -0.39 is 17.4 Å². The van der Waals surface area contributed by atoms with Crippen molar-refractivity contribution in [3.8, 4) is 0 Å². The highest BCUT2D eigenvalue weighted by molar-refractivity contribution is 5.86. The number of carbonyl (C=O) groups is 2. The minimum atomic E-state index is -1.25. The van der Waals surface area contributed by atoms with Gasteiger partial charge >= 0.3 is 5.97 Å². The summed E-state index contributed by atoms with van der Waals surface area (Å²) < 4.78 is 5.12. The summed E-state index contributed by atoms with van der Waals surface area (Å²) in [5.41, 5.74) is -1.25. The van der Waals surface area contributed by atoms with Gasteiger partial charge in [0, 0.05) is 6.61 Å². The molecule has 0 atom stereocenters. The third kappa shape index (κ3) is 6.40. The Morgan fingerprint density at radius 1 is 1.31 bits per heavy atom. The molecule has 0 unspecified atom stereocenters. The first kappa shape index (κ1) is 14.9. The highest BCUT2D eigenvalue weighted by Gasteiger charge is 2.28. The van der Waals surface area contributed by atoms with Gasteiger partial charge in [0.15, 0.2) is 0 Å². The predicted octanol–water partition coefficient (Wildman–Crippen LogP) is 1.17. The van der Waals surface area contributed by atoms with Gasteiger partial charge in [-0.2, -0.15) is 0 Å². The van der Waals surface area contributed by atoms with Crippen molar-refractivity contribution < 1.29 is 19.4 Å². The molecule has 0 saturated carbocycles. The number of hydrogen-bond acceptors (Lipinski definition) is 3. The van der Waals surface area contributed by atoms with Crippen LogP contribution in [0.15, 0.2) is 0 Å². The summed E-state index contributed by atoms with van der Waals surface area (Å²) in [6.07, 6.45) is 3.09. The van der Waals surface area contributed by atoms with Gasteiger partial charge in [-0.3, -0.25) is 4.79 Å². The van der Waals surface area contributed by atoms with Gasteiger partial charge in [0.2, 0.25) is 5.91 Å². The topological polar surface area (TPSA) is 75.6 Å². The van der Waals surface area contributed by atoms with E-state index in [9.17, 15) is 9.59 Å². The summed E-state index contributed by atoms with van der Waals surface area (Å²) >= 11 is 0. The highest BCUT2D eigenvalue weighted by atomic mass is 16.5. The third-order valence-electron chi connectivity index (χ3n) is 2.11. The molecule has 0 aromatic carbocycles. The molecule has 0 aromatic rings. The first-order valence-corrected chi connectivity index (χ1v) is 5.52. The number of carboxylic acids is 1. The summed E-state index contributed by atoms with van der Waals surface area (Å²) in [5, 5.41) is 11.2. The highest BCUT2D eigenvalue weighted by Crippen LogP contribution is 2.01. The van der Waals surface area contributed by atoms with Crippen molar-refractivity contribution in [3.63, 3.8) is 0 Å². The van der Waals surface area contributed by atoms with Gasteiger partial charge < -0.3 is 15.2 Å². The van der Waals surface area contributed by atoms with E-state index in [0.717, 1.165) is 19.3 Å². The fourth-order valence-electron chi connectivity index (χ4n) is 1.06. The zero-order valence-corrected chi connectivity index (χ0v) is 10.2. The van der Waals surface area contributed by atoms with E-state index in [1.54, 1.807) is 0 Å². The fraction of sp³-hybridized carbons (Fsp3) is 0.818. The Labute approximate surface area is 96.2 Å². The van der Waals surface area contributed by atoms with Gasteiger partial charge in [0.1, 0.15) is 12.1 Å². The monoisotopic (exact) mass is 231 g/mol. The second-order valence-corrected chi connectivity index (χ2v) is 4.24. The van der Waals surface area contributed by atoms with Crippen molar-refractivity contribution in [3.05, 3.63) is 0 Å². The lowest BCUT2D eigenvalue weighted by atomic mass is 10.1. The first-order chi connectivity index (χ1) is 7.40. The molecule has 0 rings (SSSR count). The molecule has 16 heavy (non-hydrogen) atoms. The zero-order chi connectivity index (χ0) is 12.6.